The first-order valence-corrected chi connectivity index (χ1v) is 10.6. The Labute approximate surface area is 185 Å². The van der Waals surface area contributed by atoms with Gasteiger partial charge in [0.1, 0.15) is 11.6 Å². The largest absolute Gasteiger partial charge is 0.369 e. The minimum absolute atomic E-state index is 0.0130. The second-order valence-corrected chi connectivity index (χ2v) is 7.74. The average Bonchev–Trinajstić information content (AvgIpc) is 3.49. The minimum atomic E-state index is -0.279. The molecule has 0 aliphatic carbocycles. The van der Waals surface area contributed by atoms with Crippen molar-refractivity contribution in [2.45, 2.75) is 25.3 Å². The molecular weight excluding hydrogens is 411 g/mol. The third-order valence-electron chi connectivity index (χ3n) is 5.59. The molecule has 0 saturated carbocycles. The van der Waals surface area contributed by atoms with Crippen molar-refractivity contribution in [3.8, 4) is 11.3 Å². The molecule has 3 heterocycles. The fourth-order valence-electron chi connectivity index (χ4n) is 3.87. The Morgan fingerprint density at radius 3 is 3.00 bits per heavy atom. The first-order valence-electron chi connectivity index (χ1n) is 10.6. The molecule has 1 aromatic carbocycles. The van der Waals surface area contributed by atoms with E-state index in [1.807, 2.05) is 6.07 Å². The molecule has 32 heavy (non-hydrogen) atoms. The van der Waals surface area contributed by atoms with E-state index in [1.54, 1.807) is 35.5 Å². The third-order valence-corrected chi connectivity index (χ3v) is 5.59. The van der Waals surface area contributed by atoms with Gasteiger partial charge in [0.2, 0.25) is 6.41 Å². The van der Waals surface area contributed by atoms with Gasteiger partial charge in [0.15, 0.2) is 0 Å². The van der Waals surface area contributed by atoms with E-state index in [0.29, 0.717) is 36.6 Å². The molecule has 4 rings (SSSR count). The van der Waals surface area contributed by atoms with Gasteiger partial charge in [-0.3, -0.25) is 14.7 Å². The molecule has 1 aliphatic heterocycles. The Balaban J connectivity index is 1.48. The molecule has 166 valence electrons. The highest BCUT2D eigenvalue weighted by Crippen LogP contribution is 2.22. The lowest BCUT2D eigenvalue weighted by atomic mass is 10.1. The number of aromatic nitrogens is 3. The molecule has 1 aliphatic rings. The van der Waals surface area contributed by atoms with Crippen molar-refractivity contribution in [2.24, 2.45) is 0 Å². The molecule has 0 unspecified atom stereocenters. The van der Waals surface area contributed by atoms with Gasteiger partial charge in [-0.05, 0) is 49.1 Å². The molecule has 3 aromatic rings. The summed E-state index contributed by atoms with van der Waals surface area (Å²) in [4.78, 5) is 30.4. The first kappa shape index (κ1) is 21.5. The number of aromatic amines is 1. The van der Waals surface area contributed by atoms with Gasteiger partial charge in [0.05, 0.1) is 17.5 Å². The summed E-state index contributed by atoms with van der Waals surface area (Å²) in [5, 5.41) is 12.9. The minimum Gasteiger partial charge on any atom is -0.369 e. The molecule has 1 atom stereocenters. The number of nitrogens with zero attached hydrogens (tertiary/aromatic N) is 3. The van der Waals surface area contributed by atoms with E-state index in [9.17, 15) is 14.0 Å². The second kappa shape index (κ2) is 10.0. The monoisotopic (exact) mass is 436 g/mol. The normalized spacial score (nSPS) is 15.5. The molecule has 2 amide bonds. The third kappa shape index (κ3) is 5.11. The topological polar surface area (TPSA) is 103 Å². The number of likely N-dealkylation sites (tertiary alicyclic amines) is 1. The van der Waals surface area contributed by atoms with E-state index >= 15 is 0 Å². The van der Waals surface area contributed by atoms with Crippen LogP contribution >= 0.6 is 0 Å². The molecule has 3 N–H and O–H groups in total. The molecule has 9 heteroatoms. The van der Waals surface area contributed by atoms with E-state index < -0.39 is 0 Å². The van der Waals surface area contributed by atoms with Gasteiger partial charge in [-0.15, -0.1) is 0 Å². The number of anilines is 1. The molecular formula is C23H25FN6O2. The Morgan fingerprint density at radius 1 is 1.31 bits per heavy atom. The lowest BCUT2D eigenvalue weighted by molar-refractivity contribution is -0.118. The molecule has 1 saturated heterocycles. The van der Waals surface area contributed by atoms with Gasteiger partial charge in [0, 0.05) is 37.4 Å². The predicted molar refractivity (Wildman–Crippen MR) is 119 cm³/mol. The molecule has 8 nitrogen and oxygen atoms in total. The zero-order chi connectivity index (χ0) is 22.3. The maximum Gasteiger partial charge on any atom is 0.255 e. The molecule has 0 radical (unpaired) electrons. The fraction of sp³-hybridized carbons (Fsp3) is 0.304. The van der Waals surface area contributed by atoms with Crippen LogP contribution in [0.25, 0.3) is 11.3 Å². The number of carbonyl (C=O) groups excluding carboxylic acids is 2. The van der Waals surface area contributed by atoms with E-state index in [-0.39, 0.29) is 17.8 Å². The van der Waals surface area contributed by atoms with Gasteiger partial charge < -0.3 is 15.5 Å². The van der Waals surface area contributed by atoms with Crippen molar-refractivity contribution in [3.63, 3.8) is 0 Å². The zero-order valence-corrected chi connectivity index (χ0v) is 17.6. The van der Waals surface area contributed by atoms with E-state index in [1.165, 1.54) is 12.1 Å². The van der Waals surface area contributed by atoms with Gasteiger partial charge in [0.25, 0.3) is 5.91 Å². The number of amides is 2. The van der Waals surface area contributed by atoms with Crippen LogP contribution in [0, 0.1) is 5.82 Å². The number of hydrogen-bond donors (Lipinski definition) is 3. The van der Waals surface area contributed by atoms with Gasteiger partial charge in [-0.2, -0.15) is 5.10 Å². The summed E-state index contributed by atoms with van der Waals surface area (Å²) >= 11 is 0. The number of carbonyl (C=O) groups is 2. The molecule has 1 fully saturated rings. The predicted octanol–water partition coefficient (Wildman–Crippen LogP) is 2.62. The van der Waals surface area contributed by atoms with Crippen LogP contribution in [0.15, 0.2) is 48.8 Å². The summed E-state index contributed by atoms with van der Waals surface area (Å²) in [6.45, 7) is 1.59. The molecule has 0 bridgehead atoms. The summed E-state index contributed by atoms with van der Waals surface area (Å²) in [5.41, 5.74) is 2.74. The summed E-state index contributed by atoms with van der Waals surface area (Å²) in [6, 6.07) is 9.93. The zero-order valence-electron chi connectivity index (χ0n) is 17.6. The standard InChI is InChI=1S/C23H25FN6O2/c24-18-4-1-3-16(11-18)8-9-25-22-20(6-7-21(29-22)17-12-27-28-13-17)23(32)26-14-19-5-2-10-30(19)15-31/h1,3-4,6-7,11-13,15,19H,2,5,8-10,14H2,(H,25,29)(H,26,32)(H,27,28)/t19-/m1/s1. The Kier molecular flexibility index (Phi) is 6.74. The summed E-state index contributed by atoms with van der Waals surface area (Å²) in [7, 11) is 0. The highest BCUT2D eigenvalue weighted by molar-refractivity contribution is 5.99. The smallest absolute Gasteiger partial charge is 0.255 e. The number of hydrogen-bond acceptors (Lipinski definition) is 5. The first-order chi connectivity index (χ1) is 15.6. The van der Waals surface area contributed by atoms with Crippen LogP contribution in [0.5, 0.6) is 0 Å². The number of nitrogens with one attached hydrogen (secondary N) is 3. The lowest BCUT2D eigenvalue weighted by Crippen LogP contribution is -2.39. The SMILES string of the molecule is O=CN1CCC[C@@H]1CNC(=O)c1ccc(-c2cn[nH]c2)nc1NCCc1cccc(F)c1. The Morgan fingerprint density at radius 2 is 2.22 bits per heavy atom. The van der Waals surface area contributed by atoms with E-state index in [4.69, 9.17) is 0 Å². The van der Waals surface area contributed by atoms with Crippen LogP contribution in [0.4, 0.5) is 10.2 Å². The highest BCUT2D eigenvalue weighted by Gasteiger charge is 2.24. The average molecular weight is 436 g/mol. The number of halogens is 1. The fourth-order valence-corrected chi connectivity index (χ4v) is 3.87. The van der Waals surface area contributed by atoms with Crippen LogP contribution < -0.4 is 10.6 Å². The van der Waals surface area contributed by atoms with Crippen molar-refractivity contribution in [1.29, 1.82) is 0 Å². The van der Waals surface area contributed by atoms with Crippen molar-refractivity contribution in [3.05, 3.63) is 65.7 Å². The maximum atomic E-state index is 13.4. The maximum absolute atomic E-state index is 13.4. The number of rotatable bonds is 9. The van der Waals surface area contributed by atoms with Crippen LogP contribution in [0.3, 0.4) is 0 Å². The van der Waals surface area contributed by atoms with Crippen molar-refractivity contribution < 1.29 is 14.0 Å². The summed E-state index contributed by atoms with van der Waals surface area (Å²) in [5.74, 6) is -0.0996. The van der Waals surface area contributed by atoms with Crippen LogP contribution in [-0.2, 0) is 11.2 Å². The van der Waals surface area contributed by atoms with Gasteiger partial charge in [-0.25, -0.2) is 9.37 Å². The van der Waals surface area contributed by atoms with Crippen molar-refractivity contribution >= 4 is 18.1 Å². The van der Waals surface area contributed by atoms with E-state index in [2.05, 4.69) is 25.8 Å². The quantitative estimate of drug-likeness (QED) is 0.448. The Bertz CT molecular complexity index is 1070. The van der Waals surface area contributed by atoms with Crippen molar-refractivity contribution in [1.82, 2.24) is 25.4 Å². The van der Waals surface area contributed by atoms with Gasteiger partial charge in [-0.1, -0.05) is 12.1 Å². The van der Waals surface area contributed by atoms with Crippen LogP contribution in [-0.4, -0.2) is 58.1 Å². The number of pyridine rings is 1. The second-order valence-electron chi connectivity index (χ2n) is 7.74. The van der Waals surface area contributed by atoms with E-state index in [0.717, 1.165) is 36.9 Å². The van der Waals surface area contributed by atoms with Gasteiger partial charge >= 0.3 is 0 Å². The van der Waals surface area contributed by atoms with Crippen LogP contribution in [0.2, 0.25) is 0 Å². The summed E-state index contributed by atoms with van der Waals surface area (Å²) < 4.78 is 13.4. The lowest BCUT2D eigenvalue weighted by Gasteiger charge is -2.20. The number of benzene rings is 1. The summed E-state index contributed by atoms with van der Waals surface area (Å²) in [6.07, 6.45) is 6.61. The molecule has 0 spiro atoms. The van der Waals surface area contributed by atoms with Crippen LogP contribution in [0.1, 0.15) is 28.8 Å². The number of H-pyrrole nitrogens is 1. The Hall–Kier alpha value is -3.75. The van der Waals surface area contributed by atoms with Crippen molar-refractivity contribution in [2.75, 3.05) is 25.0 Å². The molecule has 2 aromatic heterocycles. The highest BCUT2D eigenvalue weighted by atomic mass is 19.1.